The molecule has 0 saturated heterocycles. The van der Waals surface area contributed by atoms with Gasteiger partial charge in [0, 0.05) is 31.2 Å². The van der Waals surface area contributed by atoms with Crippen molar-refractivity contribution in [1.82, 2.24) is 9.97 Å². The van der Waals surface area contributed by atoms with Gasteiger partial charge in [-0.2, -0.15) is 0 Å². The van der Waals surface area contributed by atoms with Gasteiger partial charge < -0.3 is 9.64 Å². The minimum atomic E-state index is 0.257. The van der Waals surface area contributed by atoms with E-state index in [1.165, 1.54) is 0 Å². The number of anilines is 1. The van der Waals surface area contributed by atoms with Crippen molar-refractivity contribution in [3.63, 3.8) is 0 Å². The van der Waals surface area contributed by atoms with Gasteiger partial charge in [0.1, 0.15) is 16.8 Å². The van der Waals surface area contributed by atoms with Gasteiger partial charge in [-0.15, -0.1) is 0 Å². The van der Waals surface area contributed by atoms with Crippen molar-refractivity contribution in [2.24, 2.45) is 0 Å². The van der Waals surface area contributed by atoms with Crippen LogP contribution in [-0.2, 0) is 4.74 Å². The number of ether oxygens (including phenoxy) is 1. The first-order chi connectivity index (χ1) is 9.42. The number of nitrogens with zero attached hydrogens (tertiary/aromatic N) is 3. The van der Waals surface area contributed by atoms with Crippen LogP contribution in [0.3, 0.4) is 0 Å². The lowest BCUT2D eigenvalue weighted by atomic mass is 10.1. The van der Waals surface area contributed by atoms with Gasteiger partial charge >= 0.3 is 0 Å². The summed E-state index contributed by atoms with van der Waals surface area (Å²) in [6.07, 6.45) is 1.04. The van der Waals surface area contributed by atoms with E-state index in [1.807, 2.05) is 6.92 Å². The molecule has 0 saturated carbocycles. The zero-order valence-electron chi connectivity index (χ0n) is 13.4. The molecule has 0 bridgehead atoms. The van der Waals surface area contributed by atoms with Crippen LogP contribution in [0, 0.1) is 6.92 Å². The molecule has 0 radical (unpaired) electrons. The van der Waals surface area contributed by atoms with Crippen LogP contribution >= 0.6 is 11.6 Å². The van der Waals surface area contributed by atoms with Crippen molar-refractivity contribution < 1.29 is 4.74 Å². The highest BCUT2D eigenvalue weighted by Crippen LogP contribution is 2.27. The fourth-order valence-electron chi connectivity index (χ4n) is 1.98. The highest BCUT2D eigenvalue weighted by molar-refractivity contribution is 6.30. The molecular weight excluding hydrogens is 274 g/mol. The Hall–Kier alpha value is -0.870. The summed E-state index contributed by atoms with van der Waals surface area (Å²) in [5, 5.41) is 0.546. The summed E-state index contributed by atoms with van der Waals surface area (Å²) in [7, 11) is 1.72. The Bertz CT molecular complexity index is 437. The topological polar surface area (TPSA) is 38.2 Å². The number of aromatic nitrogens is 2. The molecule has 1 unspecified atom stereocenters. The summed E-state index contributed by atoms with van der Waals surface area (Å²) in [5.74, 6) is 1.98. The maximum atomic E-state index is 6.28. The molecular formula is C15H26ClN3O. The first-order valence-electron chi connectivity index (χ1n) is 7.21. The van der Waals surface area contributed by atoms with Crippen molar-refractivity contribution in [1.29, 1.82) is 0 Å². The molecule has 0 aliphatic rings. The first kappa shape index (κ1) is 17.2. The Balaban J connectivity index is 3.23. The van der Waals surface area contributed by atoms with Crippen molar-refractivity contribution in [2.45, 2.75) is 53.0 Å². The SMILES string of the molecule is CCC(C)N(CCOC)c1nc(C(C)C)nc(Cl)c1C. The Morgan fingerprint density at radius 2 is 1.90 bits per heavy atom. The highest BCUT2D eigenvalue weighted by atomic mass is 35.5. The van der Waals surface area contributed by atoms with Crippen LogP contribution in [0.25, 0.3) is 0 Å². The third-order valence-electron chi connectivity index (χ3n) is 3.53. The largest absolute Gasteiger partial charge is 0.383 e. The summed E-state index contributed by atoms with van der Waals surface area (Å²) in [6.45, 7) is 12.0. The van der Waals surface area contributed by atoms with Crippen LogP contribution in [0.5, 0.6) is 0 Å². The Morgan fingerprint density at radius 1 is 1.25 bits per heavy atom. The molecule has 5 heteroatoms. The predicted molar refractivity (Wildman–Crippen MR) is 84.8 cm³/mol. The molecule has 0 spiro atoms. The van der Waals surface area contributed by atoms with Gasteiger partial charge in [-0.05, 0) is 20.3 Å². The second kappa shape index (κ2) is 7.79. The number of hydrogen-bond donors (Lipinski definition) is 0. The van der Waals surface area contributed by atoms with E-state index in [-0.39, 0.29) is 5.92 Å². The van der Waals surface area contributed by atoms with Gasteiger partial charge in [-0.1, -0.05) is 32.4 Å². The molecule has 114 valence electrons. The van der Waals surface area contributed by atoms with E-state index < -0.39 is 0 Å². The number of hydrogen-bond acceptors (Lipinski definition) is 4. The van der Waals surface area contributed by atoms with Gasteiger partial charge in [0.15, 0.2) is 0 Å². The number of halogens is 1. The average molecular weight is 300 g/mol. The third kappa shape index (κ3) is 4.06. The summed E-state index contributed by atoms with van der Waals surface area (Å²) in [5.41, 5.74) is 0.937. The zero-order chi connectivity index (χ0) is 15.3. The van der Waals surface area contributed by atoms with Gasteiger partial charge in [-0.3, -0.25) is 0 Å². The van der Waals surface area contributed by atoms with Crippen LogP contribution in [0.15, 0.2) is 0 Å². The summed E-state index contributed by atoms with van der Waals surface area (Å²) in [4.78, 5) is 11.4. The molecule has 0 aromatic carbocycles. The van der Waals surface area contributed by atoms with E-state index in [0.29, 0.717) is 17.8 Å². The lowest BCUT2D eigenvalue weighted by molar-refractivity contribution is 0.203. The van der Waals surface area contributed by atoms with E-state index in [0.717, 1.165) is 30.2 Å². The van der Waals surface area contributed by atoms with Crippen LogP contribution in [0.1, 0.15) is 51.4 Å². The molecule has 1 rings (SSSR count). The second-order valence-electron chi connectivity index (χ2n) is 5.42. The van der Waals surface area contributed by atoms with Gasteiger partial charge in [0.2, 0.25) is 0 Å². The minimum absolute atomic E-state index is 0.257. The van der Waals surface area contributed by atoms with Crippen LogP contribution in [0.2, 0.25) is 5.15 Å². The van der Waals surface area contributed by atoms with E-state index in [1.54, 1.807) is 7.11 Å². The van der Waals surface area contributed by atoms with Crippen LogP contribution in [-0.4, -0.2) is 36.3 Å². The van der Waals surface area contributed by atoms with Crippen molar-refractivity contribution >= 4 is 17.4 Å². The molecule has 1 heterocycles. The summed E-state index contributed by atoms with van der Waals surface area (Å²) >= 11 is 6.28. The lowest BCUT2D eigenvalue weighted by Crippen LogP contribution is -2.37. The molecule has 0 fully saturated rings. The molecule has 0 aliphatic carbocycles. The molecule has 20 heavy (non-hydrogen) atoms. The molecule has 0 aliphatic heterocycles. The Morgan fingerprint density at radius 3 is 2.40 bits per heavy atom. The maximum Gasteiger partial charge on any atom is 0.137 e. The Labute approximate surface area is 127 Å². The standard InChI is InChI=1S/C15H26ClN3O/c1-7-11(4)19(8-9-20-6)15-12(5)13(16)17-14(18-15)10(2)3/h10-11H,7-9H2,1-6H3. The summed E-state index contributed by atoms with van der Waals surface area (Å²) < 4.78 is 5.22. The molecule has 1 aromatic rings. The second-order valence-corrected chi connectivity index (χ2v) is 5.78. The van der Waals surface area contributed by atoms with Gasteiger partial charge in [-0.25, -0.2) is 9.97 Å². The molecule has 0 amide bonds. The zero-order valence-corrected chi connectivity index (χ0v) is 14.2. The molecule has 1 atom stereocenters. The highest BCUT2D eigenvalue weighted by Gasteiger charge is 2.20. The smallest absolute Gasteiger partial charge is 0.137 e. The minimum Gasteiger partial charge on any atom is -0.383 e. The maximum absolute atomic E-state index is 6.28. The monoisotopic (exact) mass is 299 g/mol. The van der Waals surface area contributed by atoms with E-state index >= 15 is 0 Å². The lowest BCUT2D eigenvalue weighted by Gasteiger charge is -2.31. The van der Waals surface area contributed by atoms with E-state index in [9.17, 15) is 0 Å². The van der Waals surface area contributed by atoms with Gasteiger partial charge in [0.05, 0.1) is 6.61 Å². The van der Waals surface area contributed by atoms with Crippen LogP contribution < -0.4 is 4.90 Å². The van der Waals surface area contributed by atoms with Crippen molar-refractivity contribution in [3.05, 3.63) is 16.5 Å². The summed E-state index contributed by atoms with van der Waals surface area (Å²) in [6, 6.07) is 0.384. The van der Waals surface area contributed by atoms with Gasteiger partial charge in [0.25, 0.3) is 0 Å². The predicted octanol–water partition coefficient (Wildman–Crippen LogP) is 3.81. The van der Waals surface area contributed by atoms with E-state index in [4.69, 9.17) is 21.3 Å². The third-order valence-corrected chi connectivity index (χ3v) is 3.89. The van der Waals surface area contributed by atoms with Crippen LogP contribution in [0.4, 0.5) is 5.82 Å². The quantitative estimate of drug-likeness (QED) is 0.718. The molecule has 4 nitrogen and oxygen atoms in total. The van der Waals surface area contributed by atoms with E-state index in [2.05, 4.69) is 37.6 Å². The van der Waals surface area contributed by atoms with Crippen molar-refractivity contribution in [3.8, 4) is 0 Å². The Kier molecular flexibility index (Phi) is 6.69. The van der Waals surface area contributed by atoms with Crippen molar-refractivity contribution in [2.75, 3.05) is 25.2 Å². The molecule has 1 aromatic heterocycles. The normalized spacial score (nSPS) is 12.8. The number of rotatable bonds is 7. The number of methoxy groups -OCH3 is 1. The fraction of sp³-hybridized carbons (Fsp3) is 0.733. The average Bonchev–Trinajstić information content (AvgIpc) is 2.42. The first-order valence-corrected chi connectivity index (χ1v) is 7.59. The fourth-order valence-corrected chi connectivity index (χ4v) is 2.15. The molecule has 0 N–H and O–H groups in total.